The molecule has 0 bridgehead atoms. The summed E-state index contributed by atoms with van der Waals surface area (Å²) in [6, 6.07) is 7.13. The molecule has 0 radical (unpaired) electrons. The first-order valence-electron chi connectivity index (χ1n) is 9.21. The number of nitrogens with zero attached hydrogens (tertiary/aromatic N) is 1. The van der Waals surface area contributed by atoms with Crippen molar-refractivity contribution in [2.24, 2.45) is 5.92 Å². The first-order valence-corrected chi connectivity index (χ1v) is 9.21. The number of piperidine rings is 1. The fourth-order valence-corrected chi connectivity index (χ4v) is 2.97. The van der Waals surface area contributed by atoms with Gasteiger partial charge in [0.15, 0.2) is 0 Å². The van der Waals surface area contributed by atoms with E-state index in [0.717, 1.165) is 18.4 Å². The maximum atomic E-state index is 12.6. The zero-order valence-electron chi connectivity index (χ0n) is 16.3. The summed E-state index contributed by atoms with van der Waals surface area (Å²) >= 11 is 0. The van der Waals surface area contributed by atoms with Crippen LogP contribution in [0.1, 0.15) is 39.2 Å². The van der Waals surface area contributed by atoms with Crippen LogP contribution in [0.3, 0.4) is 0 Å². The predicted octanol–water partition coefficient (Wildman–Crippen LogP) is 2.93. The standard InChI is InChI=1S/C21H28N2O4/c1-5-18(24)22-17-10-8-15(9-11-17)13-19(25)23-12-6-7-16(14-23)20(26)27-21(2,3)4/h5,8-11,16H,1,6-7,12-14H2,2-4H3,(H,22,24)/t16-/m1/s1. The molecule has 0 aromatic heterocycles. The molecule has 1 aliphatic heterocycles. The summed E-state index contributed by atoms with van der Waals surface area (Å²) in [5, 5.41) is 2.67. The first kappa shape index (κ1) is 20.7. The van der Waals surface area contributed by atoms with Crippen molar-refractivity contribution < 1.29 is 19.1 Å². The van der Waals surface area contributed by atoms with Gasteiger partial charge in [-0.1, -0.05) is 18.7 Å². The minimum absolute atomic E-state index is 0.00821. The van der Waals surface area contributed by atoms with Gasteiger partial charge in [0.1, 0.15) is 5.60 Å². The Morgan fingerprint density at radius 2 is 1.93 bits per heavy atom. The Bertz CT molecular complexity index is 704. The molecule has 1 atom stereocenters. The van der Waals surface area contributed by atoms with Crippen molar-refractivity contribution in [2.45, 2.75) is 45.6 Å². The molecule has 0 spiro atoms. The minimum atomic E-state index is -0.522. The summed E-state index contributed by atoms with van der Waals surface area (Å²) in [5.41, 5.74) is 0.988. The summed E-state index contributed by atoms with van der Waals surface area (Å²) in [7, 11) is 0. The molecule has 27 heavy (non-hydrogen) atoms. The topological polar surface area (TPSA) is 75.7 Å². The van der Waals surface area contributed by atoms with Crippen LogP contribution in [0.25, 0.3) is 0 Å². The third-order valence-corrected chi connectivity index (χ3v) is 4.28. The lowest BCUT2D eigenvalue weighted by atomic mass is 9.97. The van der Waals surface area contributed by atoms with Crippen LogP contribution in [-0.4, -0.2) is 41.4 Å². The second kappa shape index (κ2) is 8.84. The number of ether oxygens (including phenoxy) is 1. The molecular formula is C21H28N2O4. The van der Waals surface area contributed by atoms with E-state index in [9.17, 15) is 14.4 Å². The van der Waals surface area contributed by atoms with Crippen molar-refractivity contribution in [3.05, 3.63) is 42.5 Å². The molecule has 146 valence electrons. The monoisotopic (exact) mass is 372 g/mol. The van der Waals surface area contributed by atoms with Crippen molar-refractivity contribution in [2.75, 3.05) is 18.4 Å². The van der Waals surface area contributed by atoms with Gasteiger partial charge in [0, 0.05) is 18.8 Å². The lowest BCUT2D eigenvalue weighted by Gasteiger charge is -2.33. The van der Waals surface area contributed by atoms with Gasteiger partial charge in [0.05, 0.1) is 12.3 Å². The molecular weight excluding hydrogens is 344 g/mol. The summed E-state index contributed by atoms with van der Waals surface area (Å²) in [6.45, 7) is 10.0. The highest BCUT2D eigenvalue weighted by Gasteiger charge is 2.31. The number of amides is 2. The zero-order chi connectivity index (χ0) is 20.0. The van der Waals surface area contributed by atoms with Crippen molar-refractivity contribution in [1.29, 1.82) is 0 Å². The summed E-state index contributed by atoms with van der Waals surface area (Å²) in [5.74, 6) is -0.785. The molecule has 6 heteroatoms. The number of carbonyl (C=O) groups excluding carboxylic acids is 3. The lowest BCUT2D eigenvalue weighted by molar-refractivity contribution is -0.162. The van der Waals surface area contributed by atoms with Crippen molar-refractivity contribution in [3.8, 4) is 0 Å². The first-order chi connectivity index (χ1) is 12.7. The van der Waals surface area contributed by atoms with E-state index in [1.54, 1.807) is 17.0 Å². The fraction of sp³-hybridized carbons (Fsp3) is 0.476. The molecule has 1 aliphatic rings. The van der Waals surface area contributed by atoms with Crippen LogP contribution in [0, 0.1) is 5.92 Å². The van der Waals surface area contributed by atoms with E-state index in [0.29, 0.717) is 18.8 Å². The minimum Gasteiger partial charge on any atom is -0.460 e. The second-order valence-electron chi connectivity index (χ2n) is 7.78. The number of esters is 1. The number of likely N-dealkylation sites (tertiary alicyclic amines) is 1. The Morgan fingerprint density at radius 3 is 2.52 bits per heavy atom. The predicted molar refractivity (Wildman–Crippen MR) is 104 cm³/mol. The Balaban J connectivity index is 1.92. The number of nitrogens with one attached hydrogen (secondary N) is 1. The molecule has 6 nitrogen and oxygen atoms in total. The molecule has 2 rings (SSSR count). The number of carbonyl (C=O) groups is 3. The summed E-state index contributed by atoms with van der Waals surface area (Å²) < 4.78 is 5.46. The third kappa shape index (κ3) is 6.55. The normalized spacial score (nSPS) is 17.1. The molecule has 1 saturated heterocycles. The summed E-state index contributed by atoms with van der Waals surface area (Å²) in [4.78, 5) is 37.9. The maximum absolute atomic E-state index is 12.6. The van der Waals surface area contributed by atoms with Gasteiger partial charge >= 0.3 is 5.97 Å². The maximum Gasteiger partial charge on any atom is 0.311 e. The van der Waals surface area contributed by atoms with Crippen LogP contribution in [-0.2, 0) is 25.5 Å². The van der Waals surface area contributed by atoms with Crippen LogP contribution in [0.2, 0.25) is 0 Å². The molecule has 1 heterocycles. The Hall–Kier alpha value is -2.63. The highest BCUT2D eigenvalue weighted by atomic mass is 16.6. The van der Waals surface area contributed by atoms with Gasteiger partial charge in [0.2, 0.25) is 11.8 Å². The SMILES string of the molecule is C=CC(=O)Nc1ccc(CC(=O)N2CCC[C@@H](C(=O)OC(C)(C)C)C2)cc1. The van der Waals surface area contributed by atoms with E-state index in [1.807, 2.05) is 32.9 Å². The largest absolute Gasteiger partial charge is 0.460 e. The van der Waals surface area contributed by atoms with Crippen LogP contribution < -0.4 is 5.32 Å². The Morgan fingerprint density at radius 1 is 1.26 bits per heavy atom. The van der Waals surface area contributed by atoms with E-state index in [1.165, 1.54) is 6.08 Å². The van der Waals surface area contributed by atoms with Crippen LogP contribution in [0.15, 0.2) is 36.9 Å². The number of hydrogen-bond donors (Lipinski definition) is 1. The van der Waals surface area contributed by atoms with E-state index in [-0.39, 0.29) is 30.1 Å². The molecule has 2 amide bonds. The smallest absolute Gasteiger partial charge is 0.311 e. The van der Waals surface area contributed by atoms with Crippen LogP contribution in [0.5, 0.6) is 0 Å². The lowest BCUT2D eigenvalue weighted by Crippen LogP contribution is -2.44. The van der Waals surface area contributed by atoms with Gasteiger partial charge in [-0.15, -0.1) is 0 Å². The number of benzene rings is 1. The van der Waals surface area contributed by atoms with Gasteiger partial charge in [0.25, 0.3) is 0 Å². The van der Waals surface area contributed by atoms with Crippen LogP contribution in [0.4, 0.5) is 5.69 Å². The molecule has 1 aromatic rings. The van der Waals surface area contributed by atoms with Gasteiger partial charge in [-0.05, 0) is 57.4 Å². The van der Waals surface area contributed by atoms with Gasteiger partial charge in [-0.2, -0.15) is 0 Å². The number of anilines is 1. The van der Waals surface area contributed by atoms with Gasteiger partial charge in [-0.25, -0.2) is 0 Å². The second-order valence-corrected chi connectivity index (χ2v) is 7.78. The van der Waals surface area contributed by atoms with Crippen molar-refractivity contribution >= 4 is 23.5 Å². The van der Waals surface area contributed by atoms with E-state index in [4.69, 9.17) is 4.74 Å². The summed E-state index contributed by atoms with van der Waals surface area (Å²) in [6.07, 6.45) is 3.00. The third-order valence-electron chi connectivity index (χ3n) is 4.28. The van der Waals surface area contributed by atoms with E-state index < -0.39 is 5.60 Å². The molecule has 0 aliphatic carbocycles. The average Bonchev–Trinajstić information content (AvgIpc) is 2.62. The highest BCUT2D eigenvalue weighted by Crippen LogP contribution is 2.21. The molecule has 1 N–H and O–H groups in total. The molecule has 1 aromatic carbocycles. The average molecular weight is 372 g/mol. The zero-order valence-corrected chi connectivity index (χ0v) is 16.3. The van der Waals surface area contributed by atoms with Gasteiger partial charge in [-0.3, -0.25) is 14.4 Å². The van der Waals surface area contributed by atoms with Crippen molar-refractivity contribution in [1.82, 2.24) is 4.90 Å². The van der Waals surface area contributed by atoms with E-state index >= 15 is 0 Å². The quantitative estimate of drug-likeness (QED) is 0.637. The molecule has 1 fully saturated rings. The number of hydrogen-bond acceptors (Lipinski definition) is 4. The highest BCUT2D eigenvalue weighted by molar-refractivity contribution is 5.98. The number of rotatable bonds is 5. The Kier molecular flexibility index (Phi) is 6.77. The van der Waals surface area contributed by atoms with E-state index in [2.05, 4.69) is 11.9 Å². The fourth-order valence-electron chi connectivity index (χ4n) is 2.97. The molecule has 0 saturated carbocycles. The van der Waals surface area contributed by atoms with Gasteiger partial charge < -0.3 is 15.0 Å². The molecule has 0 unspecified atom stereocenters. The Labute approximate surface area is 160 Å². The van der Waals surface area contributed by atoms with Crippen LogP contribution >= 0.6 is 0 Å². The van der Waals surface area contributed by atoms with Crippen molar-refractivity contribution in [3.63, 3.8) is 0 Å².